The van der Waals surface area contributed by atoms with Gasteiger partial charge in [-0.1, -0.05) is 12.1 Å². The predicted molar refractivity (Wildman–Crippen MR) is 92.0 cm³/mol. The number of likely N-dealkylation sites (tertiary alicyclic amines) is 1. The fourth-order valence-corrected chi connectivity index (χ4v) is 2.99. The molecule has 1 amide bonds. The van der Waals surface area contributed by atoms with Crippen LogP contribution in [0.25, 0.3) is 0 Å². The number of hydrogen-bond acceptors (Lipinski definition) is 5. The number of carbonyl (C=O) groups is 3. The van der Waals surface area contributed by atoms with Crippen molar-refractivity contribution in [3.05, 3.63) is 35.4 Å². The standard InChI is InChI=1S/C19H25NO5/c1-3-24-17(21)12-14-7-5-8-15(11-14)18(22)20-10-6-9-16(13-20)19(23)25-4-2/h5,7-8,11,16H,3-4,6,9-10,12-13H2,1-2H3. The Morgan fingerprint density at radius 3 is 2.64 bits per heavy atom. The van der Waals surface area contributed by atoms with Gasteiger partial charge in [-0.15, -0.1) is 0 Å². The van der Waals surface area contributed by atoms with Crippen LogP contribution in [0.4, 0.5) is 0 Å². The maximum Gasteiger partial charge on any atom is 0.310 e. The first-order chi connectivity index (χ1) is 12.0. The van der Waals surface area contributed by atoms with Crippen molar-refractivity contribution in [2.45, 2.75) is 33.1 Å². The minimum absolute atomic E-state index is 0.125. The van der Waals surface area contributed by atoms with E-state index in [1.54, 1.807) is 43.0 Å². The largest absolute Gasteiger partial charge is 0.466 e. The van der Waals surface area contributed by atoms with E-state index in [1.165, 1.54) is 0 Å². The average Bonchev–Trinajstić information content (AvgIpc) is 2.62. The molecule has 0 aromatic heterocycles. The number of piperidine rings is 1. The second kappa shape index (κ2) is 9.20. The number of hydrogen-bond donors (Lipinski definition) is 0. The molecule has 1 fully saturated rings. The van der Waals surface area contributed by atoms with Crippen molar-refractivity contribution in [1.82, 2.24) is 4.90 Å². The fraction of sp³-hybridized carbons (Fsp3) is 0.526. The van der Waals surface area contributed by atoms with E-state index in [0.29, 0.717) is 31.9 Å². The number of benzene rings is 1. The molecule has 25 heavy (non-hydrogen) atoms. The Kier molecular flexibility index (Phi) is 6.98. The van der Waals surface area contributed by atoms with Gasteiger partial charge in [-0.2, -0.15) is 0 Å². The summed E-state index contributed by atoms with van der Waals surface area (Å²) in [5, 5.41) is 0. The molecular formula is C19H25NO5. The molecule has 1 saturated heterocycles. The molecule has 1 aliphatic heterocycles. The number of nitrogens with zero attached hydrogens (tertiary/aromatic N) is 1. The Balaban J connectivity index is 2.04. The zero-order valence-electron chi connectivity index (χ0n) is 14.8. The summed E-state index contributed by atoms with van der Waals surface area (Å²) in [6.45, 7) is 5.21. The topological polar surface area (TPSA) is 72.9 Å². The van der Waals surface area contributed by atoms with Crippen LogP contribution in [0.3, 0.4) is 0 Å². The van der Waals surface area contributed by atoms with Crippen LogP contribution in [0.15, 0.2) is 24.3 Å². The molecule has 0 radical (unpaired) electrons. The Morgan fingerprint density at radius 2 is 1.92 bits per heavy atom. The molecule has 1 aromatic rings. The van der Waals surface area contributed by atoms with Crippen LogP contribution in [0.5, 0.6) is 0 Å². The Morgan fingerprint density at radius 1 is 1.16 bits per heavy atom. The molecule has 0 aliphatic carbocycles. The van der Waals surface area contributed by atoms with Crippen LogP contribution in [-0.2, 0) is 25.5 Å². The van der Waals surface area contributed by atoms with Crippen LogP contribution in [0.1, 0.15) is 42.6 Å². The average molecular weight is 347 g/mol. The minimum Gasteiger partial charge on any atom is -0.466 e. The molecule has 0 N–H and O–H groups in total. The summed E-state index contributed by atoms with van der Waals surface area (Å²) in [7, 11) is 0. The third-order valence-electron chi connectivity index (χ3n) is 4.16. The van der Waals surface area contributed by atoms with Crippen molar-refractivity contribution in [3.8, 4) is 0 Å². The summed E-state index contributed by atoms with van der Waals surface area (Å²) >= 11 is 0. The highest BCUT2D eigenvalue weighted by molar-refractivity contribution is 5.95. The highest BCUT2D eigenvalue weighted by Crippen LogP contribution is 2.20. The van der Waals surface area contributed by atoms with Crippen LogP contribution in [0, 0.1) is 5.92 Å². The first kappa shape index (κ1) is 19.0. The highest BCUT2D eigenvalue weighted by atomic mass is 16.5. The Hall–Kier alpha value is -2.37. The maximum absolute atomic E-state index is 12.7. The number of amides is 1. The van der Waals surface area contributed by atoms with Gasteiger partial charge in [0.25, 0.3) is 5.91 Å². The van der Waals surface area contributed by atoms with E-state index in [-0.39, 0.29) is 30.2 Å². The van der Waals surface area contributed by atoms with Gasteiger partial charge in [0.2, 0.25) is 0 Å². The first-order valence-corrected chi connectivity index (χ1v) is 8.75. The SMILES string of the molecule is CCOC(=O)Cc1cccc(C(=O)N2CCCC(C(=O)OCC)C2)c1. The molecule has 1 atom stereocenters. The summed E-state index contributed by atoms with van der Waals surface area (Å²) in [4.78, 5) is 38.0. The third kappa shape index (κ3) is 5.31. The first-order valence-electron chi connectivity index (χ1n) is 8.75. The quantitative estimate of drug-likeness (QED) is 0.738. The van der Waals surface area contributed by atoms with E-state index >= 15 is 0 Å². The molecule has 1 aliphatic rings. The van der Waals surface area contributed by atoms with Crippen molar-refractivity contribution in [3.63, 3.8) is 0 Å². The van der Waals surface area contributed by atoms with Gasteiger partial charge >= 0.3 is 11.9 Å². The van der Waals surface area contributed by atoms with Gasteiger partial charge in [-0.25, -0.2) is 0 Å². The molecule has 1 unspecified atom stereocenters. The molecule has 0 spiro atoms. The molecule has 6 heteroatoms. The van der Waals surface area contributed by atoms with E-state index in [4.69, 9.17) is 9.47 Å². The molecule has 0 saturated carbocycles. The number of carbonyl (C=O) groups excluding carboxylic acids is 3. The second-order valence-corrected chi connectivity index (χ2v) is 6.02. The summed E-state index contributed by atoms with van der Waals surface area (Å²) in [5.74, 6) is -0.941. The number of rotatable bonds is 6. The molecule has 2 rings (SSSR count). The maximum atomic E-state index is 12.7. The van der Waals surface area contributed by atoms with Gasteiger partial charge in [0.15, 0.2) is 0 Å². The summed E-state index contributed by atoms with van der Waals surface area (Å²) < 4.78 is 10.0. The summed E-state index contributed by atoms with van der Waals surface area (Å²) in [6.07, 6.45) is 1.66. The van der Waals surface area contributed by atoms with Gasteiger partial charge in [-0.05, 0) is 44.4 Å². The van der Waals surface area contributed by atoms with Gasteiger partial charge in [-0.3, -0.25) is 14.4 Å². The molecule has 136 valence electrons. The summed E-state index contributed by atoms with van der Waals surface area (Å²) in [5.41, 5.74) is 1.26. The lowest BCUT2D eigenvalue weighted by Gasteiger charge is -2.31. The van der Waals surface area contributed by atoms with Gasteiger partial charge in [0.1, 0.15) is 0 Å². The van der Waals surface area contributed by atoms with Crippen LogP contribution in [-0.4, -0.2) is 49.0 Å². The van der Waals surface area contributed by atoms with Gasteiger partial charge < -0.3 is 14.4 Å². The normalized spacial score (nSPS) is 17.0. The van der Waals surface area contributed by atoms with Crippen molar-refractivity contribution >= 4 is 17.8 Å². The molecular weight excluding hydrogens is 322 g/mol. The lowest BCUT2D eigenvalue weighted by atomic mass is 9.97. The van der Waals surface area contributed by atoms with Gasteiger partial charge in [0.05, 0.1) is 25.6 Å². The molecule has 6 nitrogen and oxygen atoms in total. The zero-order valence-corrected chi connectivity index (χ0v) is 14.8. The van der Waals surface area contributed by atoms with Crippen molar-refractivity contribution in [2.24, 2.45) is 5.92 Å². The highest BCUT2D eigenvalue weighted by Gasteiger charge is 2.29. The molecule has 1 aromatic carbocycles. The molecule has 0 bridgehead atoms. The van der Waals surface area contributed by atoms with Crippen molar-refractivity contribution < 1.29 is 23.9 Å². The Bertz CT molecular complexity index is 628. The third-order valence-corrected chi connectivity index (χ3v) is 4.16. The van der Waals surface area contributed by atoms with Gasteiger partial charge in [0, 0.05) is 18.7 Å². The monoisotopic (exact) mass is 347 g/mol. The fourth-order valence-electron chi connectivity index (χ4n) is 2.99. The van der Waals surface area contributed by atoms with Crippen molar-refractivity contribution in [2.75, 3.05) is 26.3 Å². The van der Waals surface area contributed by atoms with E-state index < -0.39 is 0 Å². The summed E-state index contributed by atoms with van der Waals surface area (Å²) in [6, 6.07) is 7.00. The van der Waals surface area contributed by atoms with E-state index in [0.717, 1.165) is 18.4 Å². The van der Waals surface area contributed by atoms with Crippen LogP contribution in [0.2, 0.25) is 0 Å². The number of esters is 2. The second-order valence-electron chi connectivity index (χ2n) is 6.02. The van der Waals surface area contributed by atoms with Crippen LogP contribution < -0.4 is 0 Å². The Labute approximate surface area is 148 Å². The predicted octanol–water partition coefficient (Wildman–Crippen LogP) is 2.21. The lowest BCUT2D eigenvalue weighted by molar-refractivity contribution is -0.149. The van der Waals surface area contributed by atoms with E-state index in [2.05, 4.69) is 0 Å². The van der Waals surface area contributed by atoms with E-state index in [1.807, 2.05) is 0 Å². The van der Waals surface area contributed by atoms with Crippen molar-refractivity contribution in [1.29, 1.82) is 0 Å². The minimum atomic E-state index is -0.313. The number of ether oxygens (including phenoxy) is 2. The van der Waals surface area contributed by atoms with E-state index in [9.17, 15) is 14.4 Å². The smallest absolute Gasteiger partial charge is 0.310 e. The lowest BCUT2D eigenvalue weighted by Crippen LogP contribution is -2.42. The van der Waals surface area contributed by atoms with Crippen LogP contribution >= 0.6 is 0 Å². The molecule has 1 heterocycles. The zero-order chi connectivity index (χ0) is 18.2.